The van der Waals surface area contributed by atoms with E-state index < -0.39 is 0 Å². The molecule has 1 aromatic carbocycles. The van der Waals surface area contributed by atoms with Crippen molar-refractivity contribution >= 4 is 53.8 Å². The quantitative estimate of drug-likeness (QED) is 0.651. The summed E-state index contributed by atoms with van der Waals surface area (Å²) in [4.78, 5) is 27.8. The highest BCUT2D eigenvalue weighted by Gasteiger charge is 2.29. The number of carbonyl (C=O) groups is 2. The molecule has 1 saturated carbocycles. The van der Waals surface area contributed by atoms with Gasteiger partial charge in [0.25, 0.3) is 0 Å². The smallest absolute Gasteiger partial charge is 0.228 e. The summed E-state index contributed by atoms with van der Waals surface area (Å²) in [5.41, 5.74) is 8.13. The van der Waals surface area contributed by atoms with Crippen LogP contribution in [-0.2, 0) is 16.0 Å². The Kier molecular flexibility index (Phi) is 8.35. The lowest BCUT2D eigenvalue weighted by molar-refractivity contribution is -0.117. The first-order chi connectivity index (χ1) is 11.6. The molecule has 0 saturated heterocycles. The predicted molar refractivity (Wildman–Crippen MR) is 108 cm³/mol. The van der Waals surface area contributed by atoms with Crippen molar-refractivity contribution in [2.45, 2.75) is 25.7 Å². The molecular weight excluding hydrogens is 375 g/mol. The van der Waals surface area contributed by atoms with Gasteiger partial charge in [0.15, 0.2) is 0 Å². The van der Waals surface area contributed by atoms with Crippen LogP contribution in [0.4, 0.5) is 17.2 Å². The number of aryl methyl sites for hydroxylation is 1. The normalized spacial score (nSPS) is 12.3. The minimum atomic E-state index is -0.102. The molecule has 0 aliphatic heterocycles. The highest BCUT2D eigenvalue weighted by molar-refractivity contribution is 5.94. The summed E-state index contributed by atoms with van der Waals surface area (Å²) in [5.74, 6) is 0.549. The van der Waals surface area contributed by atoms with E-state index in [1.54, 1.807) is 12.1 Å². The summed E-state index contributed by atoms with van der Waals surface area (Å²) in [6.07, 6.45) is 4.37. The largest absolute Gasteiger partial charge is 0.399 e. The van der Waals surface area contributed by atoms with E-state index in [4.69, 9.17) is 5.73 Å². The van der Waals surface area contributed by atoms with Crippen molar-refractivity contribution in [1.82, 2.24) is 4.98 Å². The number of carbonyl (C=O) groups excluding carboxylic acids is 2. The first-order valence-corrected chi connectivity index (χ1v) is 8.02. The van der Waals surface area contributed by atoms with E-state index in [1.165, 1.54) is 6.20 Å². The SMILES string of the molecule is Cl.Cl.Nc1ccccc1CCC(=O)Nc1ccc(NC(=O)C2CC2)nc1. The van der Waals surface area contributed by atoms with Crippen LogP contribution in [0.1, 0.15) is 24.8 Å². The summed E-state index contributed by atoms with van der Waals surface area (Å²) in [6.45, 7) is 0. The summed E-state index contributed by atoms with van der Waals surface area (Å²) < 4.78 is 0. The van der Waals surface area contributed by atoms with Gasteiger partial charge in [0.2, 0.25) is 11.8 Å². The zero-order valence-electron chi connectivity index (χ0n) is 14.1. The maximum absolute atomic E-state index is 12.0. The lowest BCUT2D eigenvalue weighted by Gasteiger charge is -2.08. The average Bonchev–Trinajstić information content (AvgIpc) is 3.41. The molecule has 6 nitrogen and oxygen atoms in total. The molecule has 1 aliphatic rings. The number of hydrogen-bond donors (Lipinski definition) is 3. The number of halogens is 2. The molecule has 8 heteroatoms. The number of anilines is 3. The Bertz CT molecular complexity index is 749. The zero-order valence-corrected chi connectivity index (χ0v) is 15.7. The minimum Gasteiger partial charge on any atom is -0.399 e. The third-order valence-corrected chi connectivity index (χ3v) is 3.92. The molecular formula is C18H22Cl2N4O2. The number of hydrogen-bond acceptors (Lipinski definition) is 4. The molecule has 3 rings (SSSR count). The Balaban J connectivity index is 0.00000169. The molecule has 2 amide bonds. The van der Waals surface area contributed by atoms with Gasteiger partial charge in [-0.1, -0.05) is 18.2 Å². The van der Waals surface area contributed by atoms with Crippen LogP contribution in [-0.4, -0.2) is 16.8 Å². The molecule has 0 bridgehead atoms. The molecule has 1 heterocycles. The van der Waals surface area contributed by atoms with Crippen molar-refractivity contribution < 1.29 is 9.59 Å². The predicted octanol–water partition coefficient (Wildman–Crippen LogP) is 3.43. The molecule has 0 unspecified atom stereocenters. The molecule has 0 radical (unpaired) electrons. The second-order valence-electron chi connectivity index (χ2n) is 5.94. The highest BCUT2D eigenvalue weighted by Crippen LogP contribution is 2.29. The van der Waals surface area contributed by atoms with E-state index in [9.17, 15) is 9.59 Å². The lowest BCUT2D eigenvalue weighted by Crippen LogP contribution is -2.15. The lowest BCUT2D eigenvalue weighted by atomic mass is 10.1. The first-order valence-electron chi connectivity index (χ1n) is 8.02. The second-order valence-corrected chi connectivity index (χ2v) is 5.94. The molecule has 1 fully saturated rings. The standard InChI is InChI=1S/C18H20N4O2.2ClH/c19-15-4-2-1-3-12(15)7-10-17(23)21-14-8-9-16(20-11-14)22-18(24)13-5-6-13;;/h1-4,8-9,11,13H,5-7,10,19H2,(H,21,23)(H,20,22,24);2*1H. The third-order valence-electron chi connectivity index (χ3n) is 3.92. The summed E-state index contributed by atoms with van der Waals surface area (Å²) in [5, 5.41) is 5.55. The van der Waals surface area contributed by atoms with Gasteiger partial charge < -0.3 is 16.4 Å². The Morgan fingerprint density at radius 2 is 1.81 bits per heavy atom. The number of amides is 2. The van der Waals surface area contributed by atoms with Crippen molar-refractivity contribution in [2.24, 2.45) is 5.92 Å². The number of aromatic nitrogens is 1. The molecule has 4 N–H and O–H groups in total. The van der Waals surface area contributed by atoms with Crippen molar-refractivity contribution in [1.29, 1.82) is 0 Å². The molecule has 1 aromatic heterocycles. The summed E-state index contributed by atoms with van der Waals surface area (Å²) in [7, 11) is 0. The maximum Gasteiger partial charge on any atom is 0.228 e. The van der Waals surface area contributed by atoms with E-state index >= 15 is 0 Å². The van der Waals surface area contributed by atoms with Crippen LogP contribution in [0.2, 0.25) is 0 Å². The van der Waals surface area contributed by atoms with Crippen molar-refractivity contribution in [2.75, 3.05) is 16.4 Å². The fraction of sp³-hybridized carbons (Fsp3) is 0.278. The number of nitrogens with two attached hydrogens (primary N) is 1. The monoisotopic (exact) mass is 396 g/mol. The highest BCUT2D eigenvalue weighted by atomic mass is 35.5. The van der Waals surface area contributed by atoms with Gasteiger partial charge in [0.1, 0.15) is 5.82 Å². The van der Waals surface area contributed by atoms with Crippen LogP contribution in [0.25, 0.3) is 0 Å². The van der Waals surface area contributed by atoms with E-state index in [-0.39, 0.29) is 42.5 Å². The Morgan fingerprint density at radius 3 is 2.42 bits per heavy atom. The van der Waals surface area contributed by atoms with Gasteiger partial charge in [0.05, 0.1) is 11.9 Å². The van der Waals surface area contributed by atoms with Gasteiger partial charge in [0, 0.05) is 18.0 Å². The number of para-hydroxylation sites is 1. The van der Waals surface area contributed by atoms with Gasteiger partial charge in [-0.2, -0.15) is 0 Å². The van der Waals surface area contributed by atoms with Gasteiger partial charge in [-0.15, -0.1) is 24.8 Å². The number of pyridine rings is 1. The number of nitrogen functional groups attached to an aromatic ring is 1. The number of rotatable bonds is 6. The van der Waals surface area contributed by atoms with Crippen molar-refractivity contribution in [3.8, 4) is 0 Å². The van der Waals surface area contributed by atoms with Crippen LogP contribution in [0.5, 0.6) is 0 Å². The first kappa shape index (κ1) is 21.7. The van der Waals surface area contributed by atoms with Gasteiger partial charge >= 0.3 is 0 Å². The van der Waals surface area contributed by atoms with Crippen LogP contribution < -0.4 is 16.4 Å². The second kappa shape index (κ2) is 9.99. The van der Waals surface area contributed by atoms with E-state index in [0.717, 1.165) is 18.4 Å². The van der Waals surface area contributed by atoms with Crippen LogP contribution in [0, 0.1) is 5.92 Å². The van der Waals surface area contributed by atoms with E-state index in [0.29, 0.717) is 30.0 Å². The van der Waals surface area contributed by atoms with Crippen LogP contribution in [0.3, 0.4) is 0 Å². The molecule has 0 spiro atoms. The number of benzene rings is 1. The Hall–Kier alpha value is -2.31. The fourth-order valence-electron chi connectivity index (χ4n) is 2.35. The number of nitrogens with zero attached hydrogens (tertiary/aromatic N) is 1. The molecule has 2 aromatic rings. The van der Waals surface area contributed by atoms with E-state index in [1.807, 2.05) is 24.3 Å². The molecule has 26 heavy (non-hydrogen) atoms. The Morgan fingerprint density at radius 1 is 1.08 bits per heavy atom. The van der Waals surface area contributed by atoms with Gasteiger partial charge in [-0.05, 0) is 43.0 Å². The summed E-state index contributed by atoms with van der Waals surface area (Å²) >= 11 is 0. The van der Waals surface area contributed by atoms with E-state index in [2.05, 4.69) is 15.6 Å². The van der Waals surface area contributed by atoms with Crippen molar-refractivity contribution in [3.05, 3.63) is 48.2 Å². The van der Waals surface area contributed by atoms with Gasteiger partial charge in [-0.3, -0.25) is 9.59 Å². The maximum atomic E-state index is 12.0. The number of nitrogens with one attached hydrogen (secondary N) is 2. The fourth-order valence-corrected chi connectivity index (χ4v) is 2.35. The molecule has 1 aliphatic carbocycles. The van der Waals surface area contributed by atoms with Gasteiger partial charge in [-0.25, -0.2) is 4.98 Å². The average molecular weight is 397 g/mol. The molecule has 140 valence electrons. The Labute approximate surface area is 164 Å². The van der Waals surface area contributed by atoms with Crippen LogP contribution in [0.15, 0.2) is 42.6 Å². The summed E-state index contributed by atoms with van der Waals surface area (Å²) in [6, 6.07) is 10.9. The minimum absolute atomic E-state index is 0. The van der Waals surface area contributed by atoms with Crippen molar-refractivity contribution in [3.63, 3.8) is 0 Å². The third kappa shape index (κ3) is 6.20. The topological polar surface area (TPSA) is 97.1 Å². The molecule has 0 atom stereocenters. The van der Waals surface area contributed by atoms with Crippen LogP contribution >= 0.6 is 24.8 Å². The zero-order chi connectivity index (χ0) is 16.9.